The number of aliphatic hydroxyl groups excluding tert-OH is 1. The first-order valence-electron chi connectivity index (χ1n) is 11.4. The summed E-state index contributed by atoms with van der Waals surface area (Å²) in [6.07, 6.45) is 0.832. The van der Waals surface area contributed by atoms with Gasteiger partial charge < -0.3 is 33.9 Å². The molecule has 10 heteroatoms. The summed E-state index contributed by atoms with van der Waals surface area (Å²) in [5.74, 6) is -2.18. The highest BCUT2D eigenvalue weighted by atomic mass is 16.6. The molecule has 1 saturated heterocycles. The summed E-state index contributed by atoms with van der Waals surface area (Å²) in [7, 11) is 0. The Kier molecular flexibility index (Phi) is 5.75. The second-order valence-corrected chi connectivity index (χ2v) is 10.2. The minimum absolute atomic E-state index is 0.0290. The molecule has 1 spiro atoms. The van der Waals surface area contributed by atoms with Gasteiger partial charge in [-0.3, -0.25) is 14.4 Å². The standard InChI is InChI=1S/C24H32O10/c1-14(25)32-12-22-19(28)18(27)21(4,29)20(3,8-5-16-7-10-31-11-16)24(22,30)9-6-17(34-15(2)26)23(22)13-33-23/h7,10-11,17,19,28-30H,5-6,8-9,12-13H2,1-4H3. The number of ketones is 1. The van der Waals surface area contributed by atoms with E-state index in [1.54, 1.807) is 13.0 Å². The first-order chi connectivity index (χ1) is 15.8. The van der Waals surface area contributed by atoms with Crippen LogP contribution in [0, 0.1) is 10.8 Å². The summed E-state index contributed by atoms with van der Waals surface area (Å²) in [4.78, 5) is 37.3. The minimum Gasteiger partial charge on any atom is -0.472 e. The van der Waals surface area contributed by atoms with Crippen molar-refractivity contribution in [2.45, 2.75) is 82.4 Å². The molecule has 7 unspecified atom stereocenters. The smallest absolute Gasteiger partial charge is 0.303 e. The topological polar surface area (TPSA) is 156 Å². The van der Waals surface area contributed by atoms with Gasteiger partial charge in [-0.1, -0.05) is 6.92 Å². The second kappa shape index (κ2) is 7.87. The van der Waals surface area contributed by atoms with Crippen LogP contribution in [0.1, 0.15) is 52.5 Å². The van der Waals surface area contributed by atoms with Crippen LogP contribution in [-0.2, 0) is 35.0 Å². The molecule has 34 heavy (non-hydrogen) atoms. The fourth-order valence-corrected chi connectivity index (χ4v) is 6.51. The number of rotatable bonds is 6. The van der Waals surface area contributed by atoms with Gasteiger partial charge >= 0.3 is 11.9 Å². The maximum atomic E-state index is 13.6. The van der Waals surface area contributed by atoms with Gasteiger partial charge in [0, 0.05) is 19.3 Å². The molecule has 3 N–H and O–H groups in total. The van der Waals surface area contributed by atoms with Crippen LogP contribution in [-0.4, -0.2) is 75.3 Å². The molecule has 10 nitrogen and oxygen atoms in total. The van der Waals surface area contributed by atoms with E-state index in [1.165, 1.54) is 33.3 Å². The lowest BCUT2D eigenvalue weighted by molar-refractivity contribution is -0.327. The number of aliphatic hydroxyl groups is 3. The fourth-order valence-electron chi connectivity index (χ4n) is 6.51. The van der Waals surface area contributed by atoms with E-state index < -0.39 is 64.2 Å². The van der Waals surface area contributed by atoms with E-state index in [0.717, 1.165) is 5.56 Å². The highest BCUT2D eigenvalue weighted by Crippen LogP contribution is 2.70. The van der Waals surface area contributed by atoms with Gasteiger partial charge in [0.1, 0.15) is 35.4 Å². The Morgan fingerprint density at radius 3 is 2.41 bits per heavy atom. The number of furan rings is 1. The highest BCUT2D eigenvalue weighted by molar-refractivity contribution is 5.94. The zero-order valence-electron chi connectivity index (χ0n) is 19.8. The van der Waals surface area contributed by atoms with Gasteiger partial charge in [-0.2, -0.15) is 0 Å². The van der Waals surface area contributed by atoms with Crippen molar-refractivity contribution in [1.29, 1.82) is 0 Å². The molecule has 1 aliphatic heterocycles. The molecule has 7 atom stereocenters. The first-order valence-corrected chi connectivity index (χ1v) is 11.4. The average molecular weight is 481 g/mol. The quantitative estimate of drug-likeness (QED) is 0.391. The number of esters is 2. The van der Waals surface area contributed by atoms with Gasteiger partial charge in [-0.05, 0) is 44.2 Å². The molecule has 1 aromatic heterocycles. The van der Waals surface area contributed by atoms with Gasteiger partial charge in [-0.15, -0.1) is 0 Å². The van der Waals surface area contributed by atoms with Gasteiger partial charge in [-0.25, -0.2) is 0 Å². The molecule has 4 rings (SSSR count). The van der Waals surface area contributed by atoms with Crippen molar-refractivity contribution in [1.82, 2.24) is 0 Å². The average Bonchev–Trinajstić information content (AvgIpc) is 3.38. The Morgan fingerprint density at radius 2 is 1.88 bits per heavy atom. The monoisotopic (exact) mass is 480 g/mol. The molecule has 188 valence electrons. The molecule has 0 radical (unpaired) electrons. The van der Waals surface area contributed by atoms with E-state index >= 15 is 0 Å². The third-order valence-electron chi connectivity index (χ3n) is 8.72. The summed E-state index contributed by atoms with van der Waals surface area (Å²) < 4.78 is 21.8. The van der Waals surface area contributed by atoms with Crippen molar-refractivity contribution >= 4 is 17.7 Å². The summed E-state index contributed by atoms with van der Waals surface area (Å²) >= 11 is 0. The number of carbonyl (C=O) groups excluding carboxylic acids is 3. The van der Waals surface area contributed by atoms with Crippen LogP contribution in [0.15, 0.2) is 23.0 Å². The molecule has 0 amide bonds. The summed E-state index contributed by atoms with van der Waals surface area (Å²) in [6, 6.07) is 1.75. The van der Waals surface area contributed by atoms with Crippen molar-refractivity contribution in [3.63, 3.8) is 0 Å². The van der Waals surface area contributed by atoms with Crippen LogP contribution >= 0.6 is 0 Å². The van der Waals surface area contributed by atoms with E-state index in [-0.39, 0.29) is 25.9 Å². The molecule has 2 aliphatic carbocycles. The van der Waals surface area contributed by atoms with Gasteiger partial charge in [0.15, 0.2) is 5.78 Å². The predicted molar refractivity (Wildman–Crippen MR) is 114 cm³/mol. The molecule has 1 aromatic rings. The number of fused-ring (bicyclic) bond motifs is 2. The van der Waals surface area contributed by atoms with Crippen LogP contribution in [0.2, 0.25) is 0 Å². The maximum Gasteiger partial charge on any atom is 0.303 e. The zero-order valence-corrected chi connectivity index (χ0v) is 19.8. The first kappa shape index (κ1) is 24.8. The summed E-state index contributed by atoms with van der Waals surface area (Å²) in [6.45, 7) is 4.72. The van der Waals surface area contributed by atoms with E-state index in [4.69, 9.17) is 18.6 Å². The maximum absolute atomic E-state index is 13.6. The van der Waals surface area contributed by atoms with E-state index in [9.17, 15) is 29.7 Å². The van der Waals surface area contributed by atoms with Crippen LogP contribution in [0.5, 0.6) is 0 Å². The normalized spacial score (nSPS) is 43.3. The Morgan fingerprint density at radius 1 is 1.21 bits per heavy atom. The van der Waals surface area contributed by atoms with Gasteiger partial charge in [0.05, 0.1) is 24.7 Å². The Balaban J connectivity index is 1.89. The zero-order chi connectivity index (χ0) is 25.2. The summed E-state index contributed by atoms with van der Waals surface area (Å²) in [5.41, 5.74) is -8.12. The number of ether oxygens (including phenoxy) is 3. The predicted octanol–water partition coefficient (Wildman–Crippen LogP) is 0.688. The van der Waals surface area contributed by atoms with Crippen molar-refractivity contribution in [3.8, 4) is 0 Å². The molecule has 0 aromatic carbocycles. The number of aryl methyl sites for hydroxylation is 1. The number of hydrogen-bond acceptors (Lipinski definition) is 10. The SMILES string of the molecule is CC(=O)OCC12C(O)C(=O)C(C)(O)C(C)(CCc3ccoc3)C1(O)CCC(OC(C)=O)C21CO1. The minimum atomic E-state index is -2.13. The number of Topliss-reactive ketones (excluding diaryl/α,β-unsaturated/α-hetero) is 1. The molecular weight excluding hydrogens is 448 g/mol. The number of hydrogen-bond donors (Lipinski definition) is 3. The largest absolute Gasteiger partial charge is 0.472 e. The van der Waals surface area contributed by atoms with E-state index in [1.807, 2.05) is 0 Å². The van der Waals surface area contributed by atoms with E-state index in [2.05, 4.69) is 0 Å². The van der Waals surface area contributed by atoms with Crippen LogP contribution in [0.3, 0.4) is 0 Å². The van der Waals surface area contributed by atoms with E-state index in [0.29, 0.717) is 6.42 Å². The third kappa shape index (κ3) is 3.05. The van der Waals surface area contributed by atoms with Crippen molar-refractivity contribution in [2.75, 3.05) is 13.2 Å². The van der Waals surface area contributed by atoms with Gasteiger partial charge in [0.25, 0.3) is 0 Å². The molecule has 3 fully saturated rings. The van der Waals surface area contributed by atoms with Crippen LogP contribution in [0.25, 0.3) is 0 Å². The van der Waals surface area contributed by atoms with Gasteiger partial charge in [0.2, 0.25) is 0 Å². The molecule has 2 heterocycles. The number of epoxide rings is 1. The fraction of sp³-hybridized carbons (Fsp3) is 0.708. The molecule has 3 aliphatic rings. The Hall–Kier alpha value is -2.27. The molecular formula is C24H32O10. The Labute approximate surface area is 197 Å². The second-order valence-electron chi connectivity index (χ2n) is 10.2. The van der Waals surface area contributed by atoms with Crippen molar-refractivity contribution in [2.24, 2.45) is 10.8 Å². The third-order valence-corrected chi connectivity index (χ3v) is 8.72. The van der Waals surface area contributed by atoms with Crippen LogP contribution in [0.4, 0.5) is 0 Å². The lowest BCUT2D eigenvalue weighted by Gasteiger charge is -2.68. The lowest BCUT2D eigenvalue weighted by Crippen LogP contribution is -2.85. The summed E-state index contributed by atoms with van der Waals surface area (Å²) in [5, 5.41) is 35.5. The van der Waals surface area contributed by atoms with Crippen LogP contribution < -0.4 is 0 Å². The molecule has 2 saturated carbocycles. The lowest BCUT2D eigenvalue weighted by atomic mass is 9.38. The number of carbonyl (C=O) groups is 3. The molecule has 0 bridgehead atoms. The van der Waals surface area contributed by atoms with Crippen molar-refractivity contribution < 1.29 is 48.3 Å². The van der Waals surface area contributed by atoms with Crippen molar-refractivity contribution in [3.05, 3.63) is 24.2 Å². The Bertz CT molecular complexity index is 980. The highest BCUT2D eigenvalue weighted by Gasteiger charge is 2.87.